The number of hydrogen-bond donors (Lipinski definition) is 1. The van der Waals surface area contributed by atoms with Crippen LogP contribution in [0.5, 0.6) is 0 Å². The molecule has 0 saturated carbocycles. The number of nitrogens with one attached hydrogen (secondary N) is 1. The Balaban J connectivity index is 1.18. The Kier molecular flexibility index (Phi) is 6.87. The largest absolute Gasteiger partial charge is 0.456 e. The van der Waals surface area contributed by atoms with Crippen LogP contribution >= 0.6 is 0 Å². The van der Waals surface area contributed by atoms with E-state index in [0.717, 1.165) is 60.5 Å². The third kappa shape index (κ3) is 5.24. The molecule has 0 aliphatic carbocycles. The first-order valence-corrected chi connectivity index (χ1v) is 16.2. The molecule has 0 unspecified atom stereocenters. The summed E-state index contributed by atoms with van der Waals surface area (Å²) in [6.45, 7) is 0. The lowest BCUT2D eigenvalue weighted by Crippen LogP contribution is -2.05. The van der Waals surface area contributed by atoms with Crippen LogP contribution in [-0.4, -0.2) is 22.9 Å². The van der Waals surface area contributed by atoms with Crippen LogP contribution in [0.2, 0.25) is 0 Å². The lowest BCUT2D eigenvalue weighted by Gasteiger charge is -2.08. The first-order chi connectivity index (χ1) is 24.2. The molecule has 0 saturated heterocycles. The van der Waals surface area contributed by atoms with Crippen LogP contribution in [0.15, 0.2) is 172 Å². The number of hydrogen-bond acceptors (Lipinski definition) is 3. The summed E-state index contributed by atoms with van der Waals surface area (Å²) in [5.74, 6) is 0.551. The Labute approximate surface area is 282 Å². The molecule has 5 nitrogen and oxygen atoms in total. The molecule has 7 aromatic carbocycles. The lowest BCUT2D eigenvalue weighted by atomic mass is 9.99. The summed E-state index contributed by atoms with van der Waals surface area (Å²) < 4.78 is 6.38. The van der Waals surface area contributed by atoms with Gasteiger partial charge < -0.3 is 4.42 Å². The van der Waals surface area contributed by atoms with Crippen molar-refractivity contribution in [3.63, 3.8) is 0 Å². The van der Waals surface area contributed by atoms with Crippen molar-refractivity contribution < 1.29 is 4.42 Å². The highest BCUT2D eigenvalue weighted by atomic mass is 16.3. The number of fused-ring (bicyclic) bond motifs is 7. The molecule has 9 aromatic rings. The Morgan fingerprint density at radius 2 is 1.24 bits per heavy atom. The van der Waals surface area contributed by atoms with E-state index in [-0.39, 0.29) is 5.84 Å². The number of pyridine rings is 1. The maximum atomic E-state index is 8.95. The first-order valence-electron chi connectivity index (χ1n) is 16.2. The number of aliphatic imine (C=N–C) groups is 2. The second kappa shape index (κ2) is 11.8. The SMILES string of the molecule is N=C(N=C(N=Cc1nc(-c2ccc3c(ccc4ccccc43)c2)cc2oc3ccccc3c12)c1ccccc1)c1ccc2ccccc2c1. The van der Waals surface area contributed by atoms with E-state index in [0.29, 0.717) is 11.5 Å². The molecule has 1 N–H and O–H groups in total. The fraction of sp³-hybridized carbons (Fsp3) is 0. The van der Waals surface area contributed by atoms with Gasteiger partial charge in [0.2, 0.25) is 0 Å². The van der Waals surface area contributed by atoms with Gasteiger partial charge in [0, 0.05) is 28.1 Å². The molecule has 9 rings (SSSR count). The summed E-state index contributed by atoms with van der Waals surface area (Å²) in [5.41, 5.74) is 5.46. The standard InChI is InChI=1S/C44H28N4O/c45-43(34-21-18-28-10-4-5-14-31(28)24-34)48-44(30-12-2-1-3-13-30)46-27-39-42-37-16-8-9-17-40(37)49-41(42)26-38(47-39)33-22-23-36-32(25-33)20-19-29-11-6-7-15-35(29)36/h1-27,45H. The number of benzene rings is 7. The van der Waals surface area contributed by atoms with E-state index in [1.165, 1.54) is 16.2 Å². The average Bonchev–Trinajstić information content (AvgIpc) is 3.55. The van der Waals surface area contributed by atoms with Gasteiger partial charge in [0.1, 0.15) is 11.2 Å². The van der Waals surface area contributed by atoms with Gasteiger partial charge >= 0.3 is 0 Å². The van der Waals surface area contributed by atoms with Crippen LogP contribution in [0.1, 0.15) is 16.8 Å². The number of rotatable bonds is 4. The van der Waals surface area contributed by atoms with Gasteiger partial charge in [-0.1, -0.05) is 133 Å². The molecule has 0 fully saturated rings. The molecule has 0 atom stereocenters. The third-order valence-electron chi connectivity index (χ3n) is 9.01. The molecule has 0 bridgehead atoms. The number of nitrogens with zero attached hydrogens (tertiary/aromatic N) is 3. The van der Waals surface area contributed by atoms with Crippen LogP contribution in [0.4, 0.5) is 0 Å². The lowest BCUT2D eigenvalue weighted by molar-refractivity contribution is 0.668. The number of furan rings is 1. The second-order valence-electron chi connectivity index (χ2n) is 12.1. The van der Waals surface area contributed by atoms with Crippen molar-refractivity contribution in [2.24, 2.45) is 9.98 Å². The fourth-order valence-electron chi connectivity index (χ4n) is 6.57. The minimum atomic E-state index is 0.131. The van der Waals surface area contributed by atoms with Crippen LogP contribution < -0.4 is 0 Å². The predicted octanol–water partition coefficient (Wildman–Crippen LogP) is 11.0. The van der Waals surface area contributed by atoms with Crippen LogP contribution in [-0.2, 0) is 0 Å². The molecule has 0 amide bonds. The topological polar surface area (TPSA) is 74.6 Å². The van der Waals surface area contributed by atoms with Gasteiger partial charge in [-0.15, -0.1) is 0 Å². The van der Waals surface area contributed by atoms with Crippen molar-refractivity contribution in [2.45, 2.75) is 0 Å². The summed E-state index contributed by atoms with van der Waals surface area (Å²) in [7, 11) is 0. The number of para-hydroxylation sites is 1. The molecule has 2 aromatic heterocycles. The molecule has 5 heteroatoms. The van der Waals surface area contributed by atoms with Gasteiger partial charge in [0.25, 0.3) is 0 Å². The van der Waals surface area contributed by atoms with Gasteiger partial charge in [-0.3, -0.25) is 5.41 Å². The smallest absolute Gasteiger partial charge is 0.161 e. The Morgan fingerprint density at radius 3 is 2.12 bits per heavy atom. The van der Waals surface area contributed by atoms with Gasteiger partial charge in [0.15, 0.2) is 11.7 Å². The van der Waals surface area contributed by atoms with Gasteiger partial charge in [-0.25, -0.2) is 15.0 Å². The van der Waals surface area contributed by atoms with Crippen molar-refractivity contribution in [2.75, 3.05) is 0 Å². The van der Waals surface area contributed by atoms with Crippen molar-refractivity contribution >= 4 is 72.1 Å². The van der Waals surface area contributed by atoms with Gasteiger partial charge in [-0.05, 0) is 50.5 Å². The predicted molar refractivity (Wildman–Crippen MR) is 203 cm³/mol. The molecular weight excluding hydrogens is 601 g/mol. The summed E-state index contributed by atoms with van der Waals surface area (Å²) in [4.78, 5) is 14.9. The Morgan fingerprint density at radius 1 is 0.551 bits per heavy atom. The third-order valence-corrected chi connectivity index (χ3v) is 9.01. The molecule has 0 aliphatic rings. The van der Waals surface area contributed by atoms with Gasteiger partial charge in [-0.2, -0.15) is 0 Å². The summed E-state index contributed by atoms with van der Waals surface area (Å²) >= 11 is 0. The zero-order valence-electron chi connectivity index (χ0n) is 26.3. The van der Waals surface area contributed by atoms with Crippen molar-refractivity contribution in [3.05, 3.63) is 175 Å². The zero-order chi connectivity index (χ0) is 32.7. The molecule has 0 spiro atoms. The van der Waals surface area contributed by atoms with Crippen molar-refractivity contribution in [1.82, 2.24) is 4.98 Å². The van der Waals surface area contributed by atoms with E-state index in [9.17, 15) is 0 Å². The monoisotopic (exact) mass is 628 g/mol. The molecule has 2 heterocycles. The van der Waals surface area contributed by atoms with E-state index in [1.54, 1.807) is 6.21 Å². The fourth-order valence-corrected chi connectivity index (χ4v) is 6.57. The maximum Gasteiger partial charge on any atom is 0.161 e. The average molecular weight is 629 g/mol. The van der Waals surface area contributed by atoms with E-state index < -0.39 is 0 Å². The van der Waals surface area contributed by atoms with E-state index in [2.05, 4.69) is 60.7 Å². The number of amidine groups is 2. The molecule has 49 heavy (non-hydrogen) atoms. The van der Waals surface area contributed by atoms with E-state index >= 15 is 0 Å². The van der Waals surface area contributed by atoms with Crippen LogP contribution in [0, 0.1) is 5.41 Å². The van der Waals surface area contributed by atoms with Crippen molar-refractivity contribution in [1.29, 1.82) is 5.41 Å². The highest BCUT2D eigenvalue weighted by Gasteiger charge is 2.16. The summed E-state index contributed by atoms with van der Waals surface area (Å²) in [6.07, 6.45) is 1.75. The quantitative estimate of drug-likeness (QED) is 0.120. The van der Waals surface area contributed by atoms with Crippen molar-refractivity contribution in [3.8, 4) is 11.3 Å². The summed E-state index contributed by atoms with van der Waals surface area (Å²) in [6, 6.07) is 53.1. The molecular formula is C44H28N4O. The molecule has 0 radical (unpaired) electrons. The number of aromatic nitrogens is 1. The van der Waals surface area contributed by atoms with Gasteiger partial charge in [0.05, 0.1) is 23.0 Å². The highest BCUT2D eigenvalue weighted by molar-refractivity contribution is 6.17. The highest BCUT2D eigenvalue weighted by Crippen LogP contribution is 2.35. The van der Waals surface area contributed by atoms with Crippen LogP contribution in [0.25, 0.3) is 65.5 Å². The summed E-state index contributed by atoms with van der Waals surface area (Å²) in [5, 5.41) is 17.8. The minimum Gasteiger partial charge on any atom is -0.456 e. The molecule has 230 valence electrons. The van der Waals surface area contributed by atoms with E-state index in [1.807, 2.05) is 97.1 Å². The second-order valence-corrected chi connectivity index (χ2v) is 12.1. The molecule has 0 aliphatic heterocycles. The minimum absolute atomic E-state index is 0.131. The first kappa shape index (κ1) is 28.5. The Bertz CT molecular complexity index is 2790. The maximum absolute atomic E-state index is 8.95. The zero-order valence-corrected chi connectivity index (χ0v) is 26.3. The van der Waals surface area contributed by atoms with Crippen LogP contribution in [0.3, 0.4) is 0 Å². The normalized spacial score (nSPS) is 12.2. The Hall–Kier alpha value is -6.72. The van der Waals surface area contributed by atoms with E-state index in [4.69, 9.17) is 24.8 Å².